The predicted octanol–water partition coefficient (Wildman–Crippen LogP) is 10.3. The highest BCUT2D eigenvalue weighted by Crippen LogP contribution is 2.42. The summed E-state index contributed by atoms with van der Waals surface area (Å²) in [6.07, 6.45) is 0.740. The molecule has 0 unspecified atom stereocenters. The van der Waals surface area contributed by atoms with Crippen LogP contribution in [0.25, 0.3) is 11.1 Å². The Morgan fingerprint density at radius 3 is 1.75 bits per heavy atom. The molecular weight excluding hydrogens is 1340 g/mol. The molecule has 0 atom stereocenters. The summed E-state index contributed by atoms with van der Waals surface area (Å²) >= 11 is 0. The van der Waals surface area contributed by atoms with Crippen LogP contribution in [0.2, 0.25) is 0 Å². The Balaban J connectivity index is 0.000000170. The third-order valence-corrected chi connectivity index (χ3v) is 18.8. The SMILES string of the molecule is CCOC(=O)C1=NOC(c2ccccc2)(c2ccccc2)C1.CCc1cc(C)cc(CC)c1-c1c(OC(=O)C(C)(C)C)n2n(c1=O)CCOCC2.Cc1c(C(=O)c2cnn(C)c2O)ccc(S(C)(=O)=O)c1C1=NOCC1.Cc1nn(C)c(O)c1C(=O)c1ccc(C(F)(F)F)cc1S(C)(=O)=O. The van der Waals surface area contributed by atoms with Gasteiger partial charge in [-0.15, -0.1) is 0 Å². The summed E-state index contributed by atoms with van der Waals surface area (Å²) in [5, 5.41) is 35.4. The zero-order chi connectivity index (χ0) is 73.6. The van der Waals surface area contributed by atoms with Crippen molar-refractivity contribution in [1.29, 1.82) is 0 Å². The number of carbonyl (C=O) groups is 4. The second kappa shape index (κ2) is 30.6. The van der Waals surface area contributed by atoms with Crippen LogP contribution in [-0.4, -0.2) is 130 Å². The summed E-state index contributed by atoms with van der Waals surface area (Å²) in [7, 11) is -4.76. The van der Waals surface area contributed by atoms with Gasteiger partial charge < -0.3 is 34.1 Å². The molecule has 0 aliphatic carbocycles. The first-order valence-corrected chi connectivity index (χ1v) is 35.5. The van der Waals surface area contributed by atoms with Gasteiger partial charge in [0.1, 0.15) is 23.3 Å². The van der Waals surface area contributed by atoms with E-state index in [9.17, 15) is 64.2 Å². The largest absolute Gasteiger partial charge is 0.493 e. The zero-order valence-corrected chi connectivity index (χ0v) is 59.2. The molecule has 24 nitrogen and oxygen atoms in total. The van der Waals surface area contributed by atoms with Gasteiger partial charge in [-0.05, 0) is 114 Å². The molecule has 0 saturated carbocycles. The Kier molecular flexibility index (Phi) is 23.2. The fourth-order valence-corrected chi connectivity index (χ4v) is 13.4. The molecule has 0 radical (unpaired) electrons. The number of nitrogens with zero attached hydrogens (tertiary/aromatic N) is 8. The summed E-state index contributed by atoms with van der Waals surface area (Å²) in [6, 6.07) is 28.5. The molecule has 2 N–H and O–H groups in total. The van der Waals surface area contributed by atoms with Crippen molar-refractivity contribution in [2.45, 2.75) is 123 Å². The van der Waals surface area contributed by atoms with E-state index >= 15 is 0 Å². The fourth-order valence-electron chi connectivity index (χ4n) is 11.5. The second-order valence-electron chi connectivity index (χ2n) is 24.8. The van der Waals surface area contributed by atoms with Gasteiger partial charge in [-0.1, -0.05) is 103 Å². The highest BCUT2D eigenvalue weighted by Gasteiger charge is 2.45. The number of carbonyl (C=O) groups excluding carboxylic acids is 4. The summed E-state index contributed by atoms with van der Waals surface area (Å²) < 4.78 is 109. The molecule has 8 aromatic rings. The summed E-state index contributed by atoms with van der Waals surface area (Å²) in [6.45, 7) is 19.1. The number of sulfone groups is 2. The normalized spacial score (nSPS) is 14.2. The van der Waals surface area contributed by atoms with Gasteiger partial charge in [0.25, 0.3) is 5.56 Å². The first-order chi connectivity index (χ1) is 47.0. The van der Waals surface area contributed by atoms with Crippen LogP contribution in [0.4, 0.5) is 13.2 Å². The molecule has 0 fully saturated rings. The number of oxime groups is 2. The molecule has 11 rings (SSSR count). The average Bonchev–Trinajstić information content (AvgIpc) is 1.56. The highest BCUT2D eigenvalue weighted by molar-refractivity contribution is 7.91. The molecule has 6 heterocycles. The van der Waals surface area contributed by atoms with E-state index < -0.39 is 76.3 Å². The number of hydrogen-bond donors (Lipinski definition) is 2. The molecule has 0 spiro atoms. The minimum Gasteiger partial charge on any atom is -0.493 e. The lowest BCUT2D eigenvalue weighted by molar-refractivity contribution is -0.143. The van der Waals surface area contributed by atoms with Gasteiger partial charge in [0, 0.05) is 60.8 Å². The summed E-state index contributed by atoms with van der Waals surface area (Å²) in [5.74, 6) is -2.55. The maximum absolute atomic E-state index is 13.5. The number of ketones is 2. The Hall–Kier alpha value is -10.0. The third kappa shape index (κ3) is 16.3. The van der Waals surface area contributed by atoms with Crippen molar-refractivity contribution in [3.8, 4) is 28.8 Å². The molecular formula is C71H79F3N8O16S2. The van der Waals surface area contributed by atoms with Crippen molar-refractivity contribution in [3.05, 3.63) is 192 Å². The van der Waals surface area contributed by atoms with E-state index in [1.54, 1.807) is 23.2 Å². The van der Waals surface area contributed by atoms with Crippen molar-refractivity contribution < 1.29 is 83.3 Å². The standard InChI is InChI=1S/C23H32N2O4.C18H17NO3.C16H17N3O5S.C14H13F3N2O4S/c1-7-16-13-15(3)14-17(8-2)18(16)19-20(26)24-9-11-28-12-10-25(24)21(19)29-22(27)23(4,5)6;1-2-21-17(20)16-13-18(22-19-16,14-9-5-3-6-10-14)15-11-7-4-8-12-15;1-9-10(15(20)11-8-17-19(2)16(11)21)4-5-13(25(3,22)23)14(9)12-6-7-24-18-12;1-7-11(13(21)19(2)18-7)12(20)9-5-4-8(14(15,16)17)6-10(9)24(3,22)23/h13-14H,7-12H2,1-6H3;3-12H,2,13H2,1H3;4-5,8,21H,6-7H2,1-3H3;4-6,21H,1-3H3. The molecule has 3 aromatic heterocycles. The van der Waals surface area contributed by atoms with Gasteiger partial charge in [0.15, 0.2) is 36.8 Å². The molecule has 0 amide bonds. The minimum absolute atomic E-state index is 0.0493. The number of alkyl halides is 3. The molecule has 5 aromatic carbocycles. The van der Waals surface area contributed by atoms with Crippen LogP contribution < -0.4 is 10.3 Å². The average molecular weight is 1420 g/mol. The lowest BCUT2D eigenvalue weighted by Crippen LogP contribution is -2.29. The number of esters is 2. The number of fused-ring (bicyclic) bond motifs is 1. The van der Waals surface area contributed by atoms with E-state index in [1.807, 2.05) is 81.4 Å². The molecule has 0 bridgehead atoms. The summed E-state index contributed by atoms with van der Waals surface area (Å²) in [5.41, 5.74) is 5.34. The van der Waals surface area contributed by atoms with E-state index in [1.165, 1.54) is 49.6 Å². The predicted molar refractivity (Wildman–Crippen MR) is 364 cm³/mol. The quantitative estimate of drug-likeness (QED) is 0.0712. The van der Waals surface area contributed by atoms with E-state index in [4.69, 9.17) is 23.9 Å². The number of aromatic hydroxyl groups is 2. The first-order valence-electron chi connectivity index (χ1n) is 31.8. The molecule has 532 valence electrons. The maximum atomic E-state index is 13.5. The van der Waals surface area contributed by atoms with Crippen molar-refractivity contribution in [2.24, 2.45) is 29.8 Å². The van der Waals surface area contributed by atoms with Gasteiger partial charge >= 0.3 is 18.1 Å². The van der Waals surface area contributed by atoms with E-state index in [2.05, 4.69) is 53.4 Å². The van der Waals surface area contributed by atoms with Crippen LogP contribution in [0.15, 0.2) is 134 Å². The number of ether oxygens (including phenoxy) is 3. The van der Waals surface area contributed by atoms with Crippen molar-refractivity contribution in [2.75, 3.05) is 38.9 Å². The fraction of sp³-hybridized carbons (Fsp3) is 0.366. The number of halogens is 3. The number of benzene rings is 5. The monoisotopic (exact) mass is 1420 g/mol. The number of hydrogen-bond acceptors (Lipinski definition) is 20. The molecule has 29 heteroatoms. The number of aromatic nitrogens is 6. The molecule has 100 heavy (non-hydrogen) atoms. The van der Waals surface area contributed by atoms with E-state index in [0.717, 1.165) is 57.7 Å². The van der Waals surface area contributed by atoms with Crippen LogP contribution in [0.5, 0.6) is 17.6 Å². The van der Waals surface area contributed by atoms with Crippen molar-refractivity contribution >= 4 is 54.6 Å². The third-order valence-electron chi connectivity index (χ3n) is 16.6. The van der Waals surface area contributed by atoms with Crippen molar-refractivity contribution in [1.82, 2.24) is 28.9 Å². The smallest absolute Gasteiger partial charge is 0.416 e. The van der Waals surface area contributed by atoms with Gasteiger partial charge in [-0.2, -0.15) is 23.4 Å². The Bertz CT molecular complexity index is 4730. The molecule has 3 aliphatic rings. The lowest BCUT2D eigenvalue weighted by atomic mass is 9.82. The maximum Gasteiger partial charge on any atom is 0.416 e. The van der Waals surface area contributed by atoms with Crippen LogP contribution in [0.1, 0.15) is 136 Å². The number of rotatable bonds is 15. The minimum atomic E-state index is -4.76. The Morgan fingerprint density at radius 1 is 0.680 bits per heavy atom. The van der Waals surface area contributed by atoms with Crippen LogP contribution in [0.3, 0.4) is 0 Å². The lowest BCUT2D eigenvalue weighted by Gasteiger charge is -2.27. The Labute approximate surface area is 576 Å². The van der Waals surface area contributed by atoms with Crippen LogP contribution >= 0.6 is 0 Å². The Morgan fingerprint density at radius 2 is 1.26 bits per heavy atom. The van der Waals surface area contributed by atoms with Gasteiger partial charge in [-0.3, -0.25) is 19.2 Å². The van der Waals surface area contributed by atoms with Gasteiger partial charge in [0.05, 0.1) is 77.7 Å². The first kappa shape index (κ1) is 75.8. The molecule has 3 aliphatic heterocycles. The van der Waals surface area contributed by atoms with Gasteiger partial charge in [-0.25, -0.2) is 40.4 Å². The van der Waals surface area contributed by atoms with E-state index in [-0.39, 0.29) is 44.7 Å². The van der Waals surface area contributed by atoms with Crippen LogP contribution in [-0.2, 0) is 100 Å². The van der Waals surface area contributed by atoms with E-state index in [0.29, 0.717) is 105 Å². The highest BCUT2D eigenvalue weighted by atomic mass is 32.2. The molecule has 0 saturated heterocycles. The van der Waals surface area contributed by atoms with Gasteiger partial charge in [0.2, 0.25) is 23.4 Å². The van der Waals surface area contributed by atoms with Crippen molar-refractivity contribution in [3.63, 3.8) is 0 Å². The topological polar surface area (TPSA) is 310 Å². The summed E-state index contributed by atoms with van der Waals surface area (Å²) in [4.78, 5) is 73.8. The second-order valence-corrected chi connectivity index (χ2v) is 28.8. The number of aryl methyl sites for hydroxylation is 6. The van der Waals surface area contributed by atoms with Crippen LogP contribution in [0, 0.1) is 26.2 Å². The zero-order valence-electron chi connectivity index (χ0n) is 57.6.